The van der Waals surface area contributed by atoms with Crippen molar-refractivity contribution in [3.8, 4) is 0 Å². The zero-order chi connectivity index (χ0) is 23.5. The molecule has 2 fully saturated rings. The molecule has 1 aromatic carbocycles. The summed E-state index contributed by atoms with van der Waals surface area (Å²) in [7, 11) is 0. The third-order valence-corrected chi connectivity index (χ3v) is 7.39. The fourth-order valence-corrected chi connectivity index (χ4v) is 5.67. The van der Waals surface area contributed by atoms with Gasteiger partial charge in [0.15, 0.2) is 5.82 Å². The minimum Gasteiger partial charge on any atom is -0.468 e. The van der Waals surface area contributed by atoms with Gasteiger partial charge in [0.05, 0.1) is 36.5 Å². The highest BCUT2D eigenvalue weighted by molar-refractivity contribution is 5.79. The number of tetrazole rings is 1. The summed E-state index contributed by atoms with van der Waals surface area (Å²) in [6.07, 6.45) is 11.9. The van der Waals surface area contributed by atoms with Crippen LogP contribution in [-0.2, 0) is 11.3 Å². The topological polar surface area (TPSA) is 82.1 Å². The van der Waals surface area contributed by atoms with Gasteiger partial charge in [0.1, 0.15) is 5.76 Å². The fourth-order valence-electron chi connectivity index (χ4n) is 5.67. The van der Waals surface area contributed by atoms with E-state index in [2.05, 4.69) is 54.4 Å². The van der Waals surface area contributed by atoms with Crippen molar-refractivity contribution >= 4 is 10.9 Å². The highest BCUT2D eigenvalue weighted by Gasteiger charge is 2.33. The van der Waals surface area contributed by atoms with Crippen molar-refractivity contribution in [3.05, 3.63) is 72.1 Å². The molecule has 1 saturated heterocycles. The molecule has 2 unspecified atom stereocenters. The molecule has 0 spiro atoms. The molecule has 2 aliphatic rings. The standard InChI is InChI=1S/C27H32N6O2/c1-2-8-22(9-3-1)33-27(29-30-31-33)26(21-12-13-25-20(17-21)7-4-14-28-25)32(18-23-10-5-15-34-23)19-24-11-6-16-35-24/h4-5,7,10,12-15,17,22,24,26H,1-3,6,8-9,11,16,18-19H2. The van der Waals surface area contributed by atoms with E-state index < -0.39 is 0 Å². The summed E-state index contributed by atoms with van der Waals surface area (Å²) in [6, 6.07) is 14.8. The minimum absolute atomic E-state index is 0.133. The van der Waals surface area contributed by atoms with E-state index in [1.807, 2.05) is 24.4 Å². The van der Waals surface area contributed by atoms with E-state index in [1.54, 1.807) is 6.26 Å². The lowest BCUT2D eigenvalue weighted by Gasteiger charge is -2.33. The smallest absolute Gasteiger partial charge is 0.173 e. The second kappa shape index (κ2) is 10.3. The minimum atomic E-state index is -0.133. The molecule has 0 radical (unpaired) electrons. The molecular formula is C27H32N6O2. The Hall–Kier alpha value is -3.10. The number of hydrogen-bond acceptors (Lipinski definition) is 7. The Kier molecular flexibility index (Phi) is 6.55. The second-order valence-electron chi connectivity index (χ2n) is 9.78. The van der Waals surface area contributed by atoms with Crippen LogP contribution in [0.3, 0.4) is 0 Å². The Morgan fingerprint density at radius 2 is 1.97 bits per heavy atom. The molecule has 35 heavy (non-hydrogen) atoms. The van der Waals surface area contributed by atoms with E-state index in [1.165, 1.54) is 19.3 Å². The van der Waals surface area contributed by atoms with Crippen LogP contribution in [0.1, 0.15) is 74.2 Å². The third kappa shape index (κ3) is 4.86. The molecule has 3 aromatic heterocycles. The first kappa shape index (κ1) is 22.4. The van der Waals surface area contributed by atoms with Gasteiger partial charge < -0.3 is 9.15 Å². The average molecular weight is 473 g/mol. The summed E-state index contributed by atoms with van der Waals surface area (Å²) in [5, 5.41) is 14.5. The number of hydrogen-bond donors (Lipinski definition) is 0. The summed E-state index contributed by atoms with van der Waals surface area (Å²) in [5.74, 6) is 1.82. The summed E-state index contributed by atoms with van der Waals surface area (Å²) < 4.78 is 14.0. The Bertz CT molecular complexity index is 1230. The number of nitrogens with zero attached hydrogens (tertiary/aromatic N) is 6. The van der Waals surface area contributed by atoms with E-state index in [9.17, 15) is 0 Å². The Morgan fingerprint density at radius 1 is 1.03 bits per heavy atom. The van der Waals surface area contributed by atoms with Gasteiger partial charge in [-0.1, -0.05) is 31.4 Å². The quantitative estimate of drug-likeness (QED) is 0.353. The Morgan fingerprint density at radius 3 is 2.80 bits per heavy atom. The number of ether oxygens (including phenoxy) is 1. The number of benzene rings is 1. The zero-order valence-corrected chi connectivity index (χ0v) is 20.0. The van der Waals surface area contributed by atoms with E-state index in [0.717, 1.165) is 66.9 Å². The summed E-state index contributed by atoms with van der Waals surface area (Å²) in [6.45, 7) is 2.26. The first-order chi connectivity index (χ1) is 17.3. The number of rotatable bonds is 8. The summed E-state index contributed by atoms with van der Waals surface area (Å²) in [5.41, 5.74) is 2.14. The van der Waals surface area contributed by atoms with Gasteiger partial charge >= 0.3 is 0 Å². The second-order valence-corrected chi connectivity index (χ2v) is 9.78. The molecule has 0 amide bonds. The monoisotopic (exact) mass is 472 g/mol. The van der Waals surface area contributed by atoms with Crippen molar-refractivity contribution in [2.75, 3.05) is 13.2 Å². The van der Waals surface area contributed by atoms with Crippen molar-refractivity contribution in [2.45, 2.75) is 69.7 Å². The highest BCUT2D eigenvalue weighted by Crippen LogP contribution is 2.35. The van der Waals surface area contributed by atoms with Gasteiger partial charge in [0, 0.05) is 24.7 Å². The maximum absolute atomic E-state index is 6.08. The van der Waals surface area contributed by atoms with Gasteiger partial charge in [-0.2, -0.15) is 0 Å². The number of fused-ring (bicyclic) bond motifs is 1. The molecule has 1 aliphatic heterocycles. The fraction of sp³-hybridized carbons (Fsp3) is 0.481. The van der Waals surface area contributed by atoms with Crippen molar-refractivity contribution in [3.63, 3.8) is 0 Å². The van der Waals surface area contributed by atoms with Crippen LogP contribution in [-0.4, -0.2) is 49.3 Å². The Balaban J connectivity index is 1.45. The largest absolute Gasteiger partial charge is 0.468 e. The van der Waals surface area contributed by atoms with E-state index in [4.69, 9.17) is 9.15 Å². The van der Waals surface area contributed by atoms with Crippen molar-refractivity contribution in [1.29, 1.82) is 0 Å². The van der Waals surface area contributed by atoms with Gasteiger partial charge in [0.2, 0.25) is 0 Å². The van der Waals surface area contributed by atoms with Gasteiger partial charge in [-0.25, -0.2) is 4.68 Å². The van der Waals surface area contributed by atoms with Crippen molar-refractivity contribution in [1.82, 2.24) is 30.1 Å². The lowest BCUT2D eigenvalue weighted by Crippen LogP contribution is -2.37. The molecule has 0 bridgehead atoms. The van der Waals surface area contributed by atoms with Crippen LogP contribution in [0, 0.1) is 0 Å². The molecule has 2 atom stereocenters. The molecular weight excluding hydrogens is 440 g/mol. The molecule has 1 aliphatic carbocycles. The zero-order valence-electron chi connectivity index (χ0n) is 20.0. The van der Waals surface area contributed by atoms with Crippen LogP contribution >= 0.6 is 0 Å². The van der Waals surface area contributed by atoms with Gasteiger partial charge in [-0.3, -0.25) is 9.88 Å². The van der Waals surface area contributed by atoms with Crippen LogP contribution in [0.2, 0.25) is 0 Å². The van der Waals surface area contributed by atoms with E-state index >= 15 is 0 Å². The van der Waals surface area contributed by atoms with Crippen molar-refractivity contribution < 1.29 is 9.15 Å². The SMILES string of the molecule is c1coc(CN(CC2CCCO2)C(c2ccc3ncccc3c2)c2nnnn2C2CCCCC2)c1. The molecule has 8 heteroatoms. The van der Waals surface area contributed by atoms with Crippen LogP contribution in [0.5, 0.6) is 0 Å². The number of aromatic nitrogens is 5. The third-order valence-electron chi connectivity index (χ3n) is 7.39. The molecule has 0 N–H and O–H groups in total. The van der Waals surface area contributed by atoms with Gasteiger partial charge in [-0.05, 0) is 72.0 Å². The van der Waals surface area contributed by atoms with Crippen LogP contribution in [0.15, 0.2) is 59.3 Å². The van der Waals surface area contributed by atoms with Crippen LogP contribution < -0.4 is 0 Å². The first-order valence-electron chi connectivity index (χ1n) is 12.9. The van der Waals surface area contributed by atoms with Crippen LogP contribution in [0.25, 0.3) is 10.9 Å². The lowest BCUT2D eigenvalue weighted by atomic mass is 9.94. The summed E-state index contributed by atoms with van der Waals surface area (Å²) >= 11 is 0. The number of furan rings is 1. The van der Waals surface area contributed by atoms with Gasteiger partial charge in [0.25, 0.3) is 0 Å². The lowest BCUT2D eigenvalue weighted by molar-refractivity contribution is 0.0541. The molecule has 1 saturated carbocycles. The molecule has 4 aromatic rings. The van der Waals surface area contributed by atoms with Crippen molar-refractivity contribution in [2.24, 2.45) is 0 Å². The predicted octanol–water partition coefficient (Wildman–Crippen LogP) is 5.09. The highest BCUT2D eigenvalue weighted by atomic mass is 16.5. The Labute approximate surface area is 205 Å². The normalized spacial score (nSPS) is 20.1. The average Bonchev–Trinajstić information content (AvgIpc) is 3.69. The van der Waals surface area contributed by atoms with E-state index in [-0.39, 0.29) is 12.1 Å². The molecule has 182 valence electrons. The maximum atomic E-state index is 6.08. The van der Waals surface area contributed by atoms with Crippen LogP contribution in [0.4, 0.5) is 0 Å². The predicted molar refractivity (Wildman–Crippen MR) is 132 cm³/mol. The molecule has 4 heterocycles. The van der Waals surface area contributed by atoms with Gasteiger partial charge in [-0.15, -0.1) is 5.10 Å². The molecule has 8 nitrogen and oxygen atoms in total. The first-order valence-corrected chi connectivity index (χ1v) is 12.9. The number of pyridine rings is 1. The maximum Gasteiger partial charge on any atom is 0.173 e. The van der Waals surface area contributed by atoms with E-state index in [0.29, 0.717) is 12.6 Å². The molecule has 6 rings (SSSR count). The summed E-state index contributed by atoms with van der Waals surface area (Å²) in [4.78, 5) is 6.96.